The predicted molar refractivity (Wildman–Crippen MR) is 68.3 cm³/mol. The van der Waals surface area contributed by atoms with Crippen LogP contribution in [0.1, 0.15) is 26.2 Å². The standard InChI is InChI=1S/C14H23NO/c1-4-12(10-11-15(2)3)13-6-5-7-14(16)9-8-13/h5,7-9,12-13H,4,6,10-11H2,1-3H3. The van der Waals surface area contributed by atoms with Gasteiger partial charge in [-0.15, -0.1) is 0 Å². The van der Waals surface area contributed by atoms with E-state index in [9.17, 15) is 4.79 Å². The van der Waals surface area contributed by atoms with Crippen molar-refractivity contribution in [1.82, 2.24) is 4.90 Å². The van der Waals surface area contributed by atoms with Gasteiger partial charge in [-0.3, -0.25) is 4.79 Å². The van der Waals surface area contributed by atoms with Gasteiger partial charge in [-0.25, -0.2) is 0 Å². The van der Waals surface area contributed by atoms with Crippen LogP contribution in [0.5, 0.6) is 0 Å². The molecule has 0 aliphatic heterocycles. The summed E-state index contributed by atoms with van der Waals surface area (Å²) in [5.41, 5.74) is 0. The number of rotatable bonds is 5. The molecule has 2 unspecified atom stereocenters. The fourth-order valence-corrected chi connectivity index (χ4v) is 2.19. The van der Waals surface area contributed by atoms with Crippen molar-refractivity contribution in [3.8, 4) is 0 Å². The zero-order chi connectivity index (χ0) is 12.0. The molecule has 0 saturated heterocycles. The molecule has 2 nitrogen and oxygen atoms in total. The normalized spacial score (nSPS) is 22.5. The molecule has 0 spiro atoms. The predicted octanol–water partition coefficient (Wildman–Crippen LogP) is 2.67. The van der Waals surface area contributed by atoms with Crippen LogP contribution in [0.3, 0.4) is 0 Å². The van der Waals surface area contributed by atoms with Crippen LogP contribution in [0.4, 0.5) is 0 Å². The van der Waals surface area contributed by atoms with Crippen molar-refractivity contribution >= 4 is 5.78 Å². The van der Waals surface area contributed by atoms with Crippen LogP contribution >= 0.6 is 0 Å². The minimum Gasteiger partial charge on any atom is -0.309 e. The van der Waals surface area contributed by atoms with E-state index in [2.05, 4.69) is 32.0 Å². The molecule has 0 fully saturated rings. The minimum absolute atomic E-state index is 0.130. The van der Waals surface area contributed by atoms with Gasteiger partial charge in [-0.1, -0.05) is 25.5 Å². The molecule has 0 aromatic carbocycles. The second kappa shape index (κ2) is 6.64. The topological polar surface area (TPSA) is 20.3 Å². The van der Waals surface area contributed by atoms with Crippen molar-refractivity contribution in [2.45, 2.75) is 26.2 Å². The molecule has 0 aromatic rings. The Hall–Kier alpha value is -0.890. The van der Waals surface area contributed by atoms with Crippen molar-refractivity contribution in [2.24, 2.45) is 11.8 Å². The van der Waals surface area contributed by atoms with E-state index >= 15 is 0 Å². The molecule has 0 radical (unpaired) electrons. The van der Waals surface area contributed by atoms with Crippen LogP contribution in [-0.4, -0.2) is 31.3 Å². The van der Waals surface area contributed by atoms with E-state index in [1.807, 2.05) is 6.08 Å². The summed E-state index contributed by atoms with van der Waals surface area (Å²) in [5.74, 6) is 1.35. The van der Waals surface area contributed by atoms with Crippen LogP contribution in [-0.2, 0) is 4.79 Å². The van der Waals surface area contributed by atoms with E-state index in [0.717, 1.165) is 13.0 Å². The Morgan fingerprint density at radius 2 is 2.19 bits per heavy atom. The van der Waals surface area contributed by atoms with E-state index in [1.165, 1.54) is 12.8 Å². The maximum Gasteiger partial charge on any atom is 0.178 e. The highest BCUT2D eigenvalue weighted by Crippen LogP contribution is 2.26. The fourth-order valence-electron chi connectivity index (χ4n) is 2.19. The summed E-state index contributed by atoms with van der Waals surface area (Å²) in [5, 5.41) is 0. The van der Waals surface area contributed by atoms with Crippen LogP contribution in [0.25, 0.3) is 0 Å². The molecular weight excluding hydrogens is 198 g/mol. The third-order valence-electron chi connectivity index (χ3n) is 3.28. The van der Waals surface area contributed by atoms with Crippen LogP contribution in [0.15, 0.2) is 24.3 Å². The molecule has 2 atom stereocenters. The SMILES string of the molecule is CCC(CCN(C)C)C1C=CC(=O)C=CC1. The van der Waals surface area contributed by atoms with Gasteiger partial charge in [0.1, 0.15) is 0 Å². The third-order valence-corrected chi connectivity index (χ3v) is 3.28. The maximum atomic E-state index is 11.2. The largest absolute Gasteiger partial charge is 0.309 e. The zero-order valence-electron chi connectivity index (χ0n) is 10.6. The summed E-state index contributed by atoms with van der Waals surface area (Å²) in [7, 11) is 4.22. The maximum absolute atomic E-state index is 11.2. The number of hydrogen-bond acceptors (Lipinski definition) is 2. The second-order valence-electron chi connectivity index (χ2n) is 4.82. The van der Waals surface area contributed by atoms with E-state index in [1.54, 1.807) is 12.2 Å². The quantitative estimate of drug-likeness (QED) is 0.711. The number of carbonyl (C=O) groups is 1. The molecule has 90 valence electrons. The van der Waals surface area contributed by atoms with Crippen molar-refractivity contribution in [1.29, 1.82) is 0 Å². The molecule has 0 aromatic heterocycles. The highest BCUT2D eigenvalue weighted by Gasteiger charge is 2.17. The summed E-state index contributed by atoms with van der Waals surface area (Å²) < 4.78 is 0. The molecule has 0 bridgehead atoms. The smallest absolute Gasteiger partial charge is 0.178 e. The molecule has 0 saturated carbocycles. The van der Waals surface area contributed by atoms with Gasteiger partial charge in [0.25, 0.3) is 0 Å². The molecule has 1 aliphatic rings. The van der Waals surface area contributed by atoms with Crippen molar-refractivity contribution in [3.63, 3.8) is 0 Å². The van der Waals surface area contributed by atoms with E-state index in [0.29, 0.717) is 11.8 Å². The first-order valence-electron chi connectivity index (χ1n) is 6.17. The molecular formula is C14H23NO. The van der Waals surface area contributed by atoms with Gasteiger partial charge in [-0.05, 0) is 57.5 Å². The Balaban J connectivity index is 2.55. The average Bonchev–Trinajstić information content (AvgIpc) is 2.44. The number of allylic oxidation sites excluding steroid dienone is 4. The molecule has 0 heterocycles. The lowest BCUT2D eigenvalue weighted by molar-refractivity contribution is -0.110. The number of ketones is 1. The molecule has 16 heavy (non-hydrogen) atoms. The molecule has 0 N–H and O–H groups in total. The molecule has 0 amide bonds. The van der Waals surface area contributed by atoms with E-state index in [4.69, 9.17) is 0 Å². The van der Waals surface area contributed by atoms with E-state index in [-0.39, 0.29) is 5.78 Å². The Labute approximate surface area is 99.0 Å². The highest BCUT2D eigenvalue weighted by atomic mass is 16.1. The van der Waals surface area contributed by atoms with Crippen molar-refractivity contribution in [2.75, 3.05) is 20.6 Å². The van der Waals surface area contributed by atoms with Crippen molar-refractivity contribution in [3.05, 3.63) is 24.3 Å². The average molecular weight is 221 g/mol. The van der Waals surface area contributed by atoms with Gasteiger partial charge in [0, 0.05) is 0 Å². The lowest BCUT2D eigenvalue weighted by atomic mass is 9.85. The monoisotopic (exact) mass is 221 g/mol. The van der Waals surface area contributed by atoms with Gasteiger partial charge in [-0.2, -0.15) is 0 Å². The Bertz CT molecular complexity index is 278. The zero-order valence-corrected chi connectivity index (χ0v) is 10.6. The van der Waals surface area contributed by atoms with Gasteiger partial charge in [0.15, 0.2) is 5.78 Å². The lowest BCUT2D eigenvalue weighted by Crippen LogP contribution is -2.20. The lowest BCUT2D eigenvalue weighted by Gasteiger charge is -2.23. The van der Waals surface area contributed by atoms with Crippen molar-refractivity contribution < 1.29 is 4.79 Å². The summed E-state index contributed by atoms with van der Waals surface area (Å²) >= 11 is 0. The minimum atomic E-state index is 0.130. The van der Waals surface area contributed by atoms with Gasteiger partial charge < -0.3 is 4.90 Å². The van der Waals surface area contributed by atoms with Crippen LogP contribution < -0.4 is 0 Å². The van der Waals surface area contributed by atoms with Crippen LogP contribution in [0, 0.1) is 11.8 Å². The second-order valence-corrected chi connectivity index (χ2v) is 4.82. The fraction of sp³-hybridized carbons (Fsp3) is 0.643. The summed E-state index contributed by atoms with van der Waals surface area (Å²) in [6, 6.07) is 0. The number of hydrogen-bond donors (Lipinski definition) is 0. The van der Waals surface area contributed by atoms with E-state index < -0.39 is 0 Å². The molecule has 2 heteroatoms. The van der Waals surface area contributed by atoms with Gasteiger partial charge in [0.05, 0.1) is 0 Å². The van der Waals surface area contributed by atoms with Gasteiger partial charge >= 0.3 is 0 Å². The summed E-state index contributed by atoms with van der Waals surface area (Å²) in [6.45, 7) is 3.37. The summed E-state index contributed by atoms with van der Waals surface area (Å²) in [4.78, 5) is 13.5. The molecule has 1 rings (SSSR count). The Morgan fingerprint density at radius 3 is 2.81 bits per heavy atom. The first-order chi connectivity index (χ1) is 7.63. The Morgan fingerprint density at radius 1 is 1.44 bits per heavy atom. The Kier molecular flexibility index (Phi) is 5.47. The van der Waals surface area contributed by atoms with Gasteiger partial charge in [0.2, 0.25) is 0 Å². The highest BCUT2D eigenvalue weighted by molar-refractivity contribution is 5.99. The first-order valence-corrected chi connectivity index (χ1v) is 6.17. The number of carbonyl (C=O) groups excluding carboxylic acids is 1. The molecule has 1 aliphatic carbocycles. The number of nitrogens with zero attached hydrogens (tertiary/aromatic N) is 1. The summed E-state index contributed by atoms with van der Waals surface area (Å²) in [6.07, 6.45) is 10.9. The van der Waals surface area contributed by atoms with Crippen LogP contribution in [0.2, 0.25) is 0 Å². The first kappa shape index (κ1) is 13.2. The third kappa shape index (κ3) is 4.31.